The lowest BCUT2D eigenvalue weighted by atomic mass is 10.1. The van der Waals surface area contributed by atoms with Crippen LogP contribution in [0.1, 0.15) is 6.92 Å². The zero-order valence-corrected chi connectivity index (χ0v) is 19.7. The van der Waals surface area contributed by atoms with Crippen LogP contribution in [0.3, 0.4) is 0 Å². The molecule has 0 aliphatic carbocycles. The first kappa shape index (κ1) is 22.9. The van der Waals surface area contributed by atoms with Crippen LogP contribution in [0.4, 0.5) is 11.5 Å². The third kappa shape index (κ3) is 5.12. The Morgan fingerprint density at radius 1 is 1.12 bits per heavy atom. The van der Waals surface area contributed by atoms with Crippen molar-refractivity contribution in [1.29, 1.82) is 0 Å². The van der Waals surface area contributed by atoms with Crippen LogP contribution in [0.25, 0.3) is 22.3 Å². The molecule has 4 heterocycles. The van der Waals surface area contributed by atoms with Gasteiger partial charge in [-0.25, -0.2) is 9.97 Å². The maximum Gasteiger partial charge on any atom is 0.155 e. The van der Waals surface area contributed by atoms with E-state index in [1.54, 1.807) is 12.4 Å². The van der Waals surface area contributed by atoms with E-state index < -0.39 is 0 Å². The van der Waals surface area contributed by atoms with Crippen molar-refractivity contribution >= 4 is 22.5 Å². The number of fused-ring (bicyclic) bond motifs is 1. The number of hydrogen-bond donors (Lipinski definition) is 3. The van der Waals surface area contributed by atoms with Crippen molar-refractivity contribution in [3.8, 4) is 11.3 Å². The number of morpholine rings is 1. The van der Waals surface area contributed by atoms with Crippen molar-refractivity contribution < 1.29 is 9.84 Å². The molecule has 1 atom stereocenters. The summed E-state index contributed by atoms with van der Waals surface area (Å²) in [6, 6.07) is 10.6. The van der Waals surface area contributed by atoms with Crippen molar-refractivity contribution in [3.63, 3.8) is 0 Å². The van der Waals surface area contributed by atoms with Gasteiger partial charge in [0.2, 0.25) is 0 Å². The number of ether oxygens (including phenoxy) is 1. The van der Waals surface area contributed by atoms with Crippen LogP contribution in [0.15, 0.2) is 42.7 Å². The van der Waals surface area contributed by atoms with Crippen molar-refractivity contribution in [2.45, 2.75) is 12.5 Å². The Bertz CT molecular complexity index is 1090. The van der Waals surface area contributed by atoms with Crippen LogP contribution >= 0.6 is 0 Å². The quantitative estimate of drug-likeness (QED) is 0.482. The maximum atomic E-state index is 9.16. The van der Waals surface area contributed by atoms with Gasteiger partial charge < -0.3 is 25.4 Å². The molecule has 0 amide bonds. The van der Waals surface area contributed by atoms with E-state index in [2.05, 4.69) is 61.6 Å². The molecule has 0 radical (unpaired) electrons. The molecule has 9 heteroatoms. The van der Waals surface area contributed by atoms with Crippen molar-refractivity contribution in [2.24, 2.45) is 0 Å². The molecule has 2 aliphatic heterocycles. The summed E-state index contributed by atoms with van der Waals surface area (Å²) in [5.41, 5.74) is 4.39. The maximum absolute atomic E-state index is 9.16. The highest BCUT2D eigenvalue weighted by Gasteiger charge is 2.28. The zero-order valence-electron chi connectivity index (χ0n) is 19.7. The van der Waals surface area contributed by atoms with E-state index in [0.29, 0.717) is 13.2 Å². The number of rotatable bonds is 7. The summed E-state index contributed by atoms with van der Waals surface area (Å²) in [4.78, 5) is 18.7. The number of aromatic nitrogens is 3. The molecule has 3 N–H and O–H groups in total. The van der Waals surface area contributed by atoms with E-state index in [9.17, 15) is 0 Å². The first-order valence-corrected chi connectivity index (χ1v) is 12.0. The van der Waals surface area contributed by atoms with Gasteiger partial charge in [0, 0.05) is 76.0 Å². The van der Waals surface area contributed by atoms with Gasteiger partial charge in [-0.3, -0.25) is 9.88 Å². The molecule has 2 aromatic heterocycles. The van der Waals surface area contributed by atoms with Crippen molar-refractivity contribution in [1.82, 2.24) is 25.2 Å². The minimum Gasteiger partial charge on any atom is -0.395 e. The normalized spacial score (nSPS) is 21.6. The molecule has 9 nitrogen and oxygen atoms in total. The number of hydrogen-bond acceptors (Lipinski definition) is 9. The Kier molecular flexibility index (Phi) is 6.87. The van der Waals surface area contributed by atoms with Gasteiger partial charge in [0.15, 0.2) is 5.82 Å². The van der Waals surface area contributed by atoms with Gasteiger partial charge in [-0.15, -0.1) is 0 Å². The standard InChI is InChI=1S/C25H33N7O2/c1-25(17-26-8-15-34-25)18-29-24-23-22(27-6-7-28-23)16-21(30-24)19-2-4-20(5-3-19)32-11-9-31(10-12-32)13-14-33/h2-7,16,26,33H,8-15,17-18H2,1H3,(H,29,30). The fourth-order valence-electron chi connectivity index (χ4n) is 4.61. The molecule has 2 saturated heterocycles. The Morgan fingerprint density at radius 2 is 1.91 bits per heavy atom. The molecule has 1 unspecified atom stereocenters. The van der Waals surface area contributed by atoms with Gasteiger partial charge in [-0.05, 0) is 25.1 Å². The lowest BCUT2D eigenvalue weighted by Crippen LogP contribution is -2.51. The van der Waals surface area contributed by atoms with Gasteiger partial charge in [0.25, 0.3) is 0 Å². The highest BCUT2D eigenvalue weighted by Crippen LogP contribution is 2.28. The number of benzene rings is 1. The number of piperazine rings is 1. The molecule has 2 fully saturated rings. The summed E-state index contributed by atoms with van der Waals surface area (Å²) >= 11 is 0. The van der Waals surface area contributed by atoms with E-state index >= 15 is 0 Å². The predicted octanol–water partition coefficient (Wildman–Crippen LogP) is 1.60. The van der Waals surface area contributed by atoms with Crippen LogP contribution in [-0.4, -0.2) is 96.1 Å². The van der Waals surface area contributed by atoms with Crippen LogP contribution in [0.2, 0.25) is 0 Å². The first-order valence-electron chi connectivity index (χ1n) is 12.0. The Labute approximate surface area is 200 Å². The number of aliphatic hydroxyl groups is 1. The summed E-state index contributed by atoms with van der Waals surface area (Å²) < 4.78 is 6.00. The molecule has 5 rings (SSSR count). The number of pyridine rings is 1. The molecule has 180 valence electrons. The average molecular weight is 464 g/mol. The third-order valence-corrected chi connectivity index (χ3v) is 6.63. The van der Waals surface area contributed by atoms with Crippen LogP contribution in [0, 0.1) is 0 Å². The number of nitrogens with zero attached hydrogens (tertiary/aromatic N) is 5. The second-order valence-electron chi connectivity index (χ2n) is 9.21. The SMILES string of the molecule is CC1(CNc2nc(-c3ccc(N4CCN(CCO)CC4)cc3)cc3nccnc23)CNCCO1. The lowest BCUT2D eigenvalue weighted by molar-refractivity contribution is -0.0425. The van der Waals surface area contributed by atoms with E-state index in [-0.39, 0.29) is 12.2 Å². The molecule has 1 aromatic carbocycles. The first-order chi connectivity index (χ1) is 16.6. The highest BCUT2D eigenvalue weighted by atomic mass is 16.5. The van der Waals surface area contributed by atoms with Crippen LogP contribution < -0.4 is 15.5 Å². The molecule has 0 bridgehead atoms. The molecule has 2 aliphatic rings. The number of aliphatic hydroxyl groups excluding tert-OH is 1. The van der Waals surface area contributed by atoms with Crippen molar-refractivity contribution in [2.75, 3.05) is 75.8 Å². The smallest absolute Gasteiger partial charge is 0.155 e. The second-order valence-corrected chi connectivity index (χ2v) is 9.21. The molecular formula is C25H33N7O2. The monoisotopic (exact) mass is 463 g/mol. The Balaban J connectivity index is 1.35. The summed E-state index contributed by atoms with van der Waals surface area (Å²) in [7, 11) is 0. The summed E-state index contributed by atoms with van der Waals surface area (Å²) in [6.07, 6.45) is 3.41. The zero-order chi connectivity index (χ0) is 23.4. The molecule has 0 saturated carbocycles. The average Bonchev–Trinajstić information content (AvgIpc) is 2.88. The van der Waals surface area contributed by atoms with Gasteiger partial charge in [0.05, 0.1) is 30.0 Å². The predicted molar refractivity (Wildman–Crippen MR) is 134 cm³/mol. The van der Waals surface area contributed by atoms with Crippen LogP contribution in [0.5, 0.6) is 0 Å². The lowest BCUT2D eigenvalue weighted by Gasteiger charge is -2.35. The Morgan fingerprint density at radius 3 is 2.65 bits per heavy atom. The van der Waals surface area contributed by atoms with Gasteiger partial charge in [-0.2, -0.15) is 0 Å². The molecule has 34 heavy (non-hydrogen) atoms. The highest BCUT2D eigenvalue weighted by molar-refractivity contribution is 5.88. The van der Waals surface area contributed by atoms with Gasteiger partial charge in [0.1, 0.15) is 5.52 Å². The fourth-order valence-corrected chi connectivity index (χ4v) is 4.61. The summed E-state index contributed by atoms with van der Waals surface area (Å²) in [5.74, 6) is 0.722. The van der Waals surface area contributed by atoms with E-state index in [0.717, 1.165) is 73.9 Å². The molecular weight excluding hydrogens is 430 g/mol. The summed E-state index contributed by atoms with van der Waals surface area (Å²) in [6.45, 7) is 9.95. The van der Waals surface area contributed by atoms with Crippen molar-refractivity contribution in [3.05, 3.63) is 42.7 Å². The third-order valence-electron chi connectivity index (χ3n) is 6.63. The van der Waals surface area contributed by atoms with Crippen LogP contribution in [-0.2, 0) is 4.74 Å². The topological polar surface area (TPSA) is 98.7 Å². The largest absolute Gasteiger partial charge is 0.395 e. The van der Waals surface area contributed by atoms with E-state index in [1.165, 1.54) is 5.69 Å². The fraction of sp³-hybridized carbons (Fsp3) is 0.480. The second kappa shape index (κ2) is 10.2. The molecule has 3 aromatic rings. The number of nitrogens with one attached hydrogen (secondary N) is 2. The van der Waals surface area contributed by atoms with Gasteiger partial charge in [-0.1, -0.05) is 12.1 Å². The van der Waals surface area contributed by atoms with E-state index in [1.807, 2.05) is 6.07 Å². The van der Waals surface area contributed by atoms with E-state index in [4.69, 9.17) is 14.8 Å². The molecule has 0 spiro atoms. The minimum absolute atomic E-state index is 0.220. The number of β-amino-alcohol motifs (C(OH)–C–C–N with tert-alkyl or cyclic N) is 1. The van der Waals surface area contributed by atoms with Gasteiger partial charge >= 0.3 is 0 Å². The minimum atomic E-state index is -0.298. The summed E-state index contributed by atoms with van der Waals surface area (Å²) in [5, 5.41) is 16.0. The Hall–Kier alpha value is -2.85. The number of anilines is 2.